The van der Waals surface area contributed by atoms with Gasteiger partial charge < -0.3 is 9.52 Å². The zero-order valence-corrected chi connectivity index (χ0v) is 11.7. The summed E-state index contributed by atoms with van der Waals surface area (Å²) in [5.41, 5.74) is 0.632. The Balaban J connectivity index is 2.05. The van der Waals surface area contributed by atoms with Gasteiger partial charge in [-0.1, -0.05) is 27.2 Å². The molecule has 2 aliphatic rings. The molecule has 3 rings (SSSR count). The van der Waals surface area contributed by atoms with Crippen LogP contribution in [0.25, 0.3) is 0 Å². The molecule has 100 valence electrons. The Kier molecular flexibility index (Phi) is 2.48. The van der Waals surface area contributed by atoms with Gasteiger partial charge in [-0.25, -0.2) is 0 Å². The topological polar surface area (TPSA) is 33.4 Å². The Morgan fingerprint density at radius 3 is 2.67 bits per heavy atom. The van der Waals surface area contributed by atoms with Gasteiger partial charge in [0.25, 0.3) is 0 Å². The Morgan fingerprint density at radius 2 is 2.00 bits per heavy atom. The molecule has 2 aliphatic carbocycles. The van der Waals surface area contributed by atoms with Crippen molar-refractivity contribution in [2.24, 2.45) is 16.7 Å². The lowest BCUT2D eigenvalue weighted by Gasteiger charge is -2.52. The van der Waals surface area contributed by atoms with E-state index in [1.807, 2.05) is 6.07 Å². The summed E-state index contributed by atoms with van der Waals surface area (Å²) in [7, 11) is 0. The van der Waals surface area contributed by atoms with Crippen LogP contribution in [-0.4, -0.2) is 5.11 Å². The van der Waals surface area contributed by atoms with Crippen molar-refractivity contribution in [3.8, 4) is 0 Å². The second kappa shape index (κ2) is 3.63. The fraction of sp³-hybridized carbons (Fsp3) is 0.750. The molecule has 0 saturated heterocycles. The first kappa shape index (κ1) is 12.3. The summed E-state index contributed by atoms with van der Waals surface area (Å²) in [4.78, 5) is 0. The van der Waals surface area contributed by atoms with Crippen molar-refractivity contribution >= 4 is 0 Å². The van der Waals surface area contributed by atoms with E-state index < -0.39 is 5.60 Å². The second-order valence-electron chi connectivity index (χ2n) is 7.22. The largest absolute Gasteiger partial charge is 0.472 e. The Morgan fingerprint density at radius 1 is 1.22 bits per heavy atom. The lowest BCUT2D eigenvalue weighted by atomic mass is 9.54. The predicted octanol–water partition coefficient (Wildman–Crippen LogP) is 4.09. The van der Waals surface area contributed by atoms with Crippen molar-refractivity contribution in [1.29, 1.82) is 0 Å². The smallest absolute Gasteiger partial charge is 0.0983 e. The van der Waals surface area contributed by atoms with E-state index in [9.17, 15) is 5.11 Å². The van der Waals surface area contributed by atoms with Crippen molar-refractivity contribution in [1.82, 2.24) is 0 Å². The molecule has 0 aliphatic heterocycles. The highest BCUT2D eigenvalue weighted by Crippen LogP contribution is 2.66. The van der Waals surface area contributed by atoms with E-state index in [2.05, 4.69) is 20.8 Å². The molecule has 18 heavy (non-hydrogen) atoms. The van der Waals surface area contributed by atoms with Crippen LogP contribution < -0.4 is 0 Å². The standard InChI is InChI=1S/C16H24O2/c1-14(2)7-4-8-15(3)13(14)5-9-16(15,17)12-6-10-18-11-12/h6,10-11,13,17H,4-5,7-9H2,1-3H3/t13-,15+,16-/m0/s1. The lowest BCUT2D eigenvalue weighted by Crippen LogP contribution is -2.48. The van der Waals surface area contributed by atoms with Crippen molar-refractivity contribution in [3.63, 3.8) is 0 Å². The summed E-state index contributed by atoms with van der Waals surface area (Å²) >= 11 is 0. The monoisotopic (exact) mass is 248 g/mol. The lowest BCUT2D eigenvalue weighted by molar-refractivity contribution is -0.118. The molecule has 1 heterocycles. The maximum atomic E-state index is 11.3. The quantitative estimate of drug-likeness (QED) is 0.812. The number of rotatable bonds is 1. The van der Waals surface area contributed by atoms with Gasteiger partial charge in [0, 0.05) is 11.0 Å². The molecule has 0 aromatic carbocycles. The molecular weight excluding hydrogens is 224 g/mol. The summed E-state index contributed by atoms with van der Waals surface area (Å²) in [5.74, 6) is 0.610. The molecule has 0 radical (unpaired) electrons. The molecule has 1 aromatic rings. The van der Waals surface area contributed by atoms with Gasteiger partial charge in [0.1, 0.15) is 0 Å². The minimum absolute atomic E-state index is 0.00137. The number of furan rings is 1. The van der Waals surface area contributed by atoms with E-state index in [0.717, 1.165) is 24.8 Å². The average Bonchev–Trinajstić information content (AvgIpc) is 2.87. The Bertz CT molecular complexity index is 434. The minimum atomic E-state index is -0.692. The van der Waals surface area contributed by atoms with E-state index in [1.165, 1.54) is 12.8 Å². The highest BCUT2D eigenvalue weighted by Gasteiger charge is 2.62. The molecule has 1 N–H and O–H groups in total. The molecule has 0 bridgehead atoms. The predicted molar refractivity (Wildman–Crippen MR) is 71.1 cm³/mol. The molecular formula is C16H24O2. The number of aliphatic hydroxyl groups is 1. The third-order valence-electron chi connectivity index (χ3n) is 5.97. The normalized spacial score (nSPS) is 42.8. The second-order valence-corrected chi connectivity index (χ2v) is 7.22. The summed E-state index contributed by atoms with van der Waals surface area (Å²) in [6.07, 6.45) is 9.05. The fourth-order valence-electron chi connectivity index (χ4n) is 4.94. The van der Waals surface area contributed by atoms with Gasteiger partial charge in [0.05, 0.1) is 18.1 Å². The summed E-state index contributed by atoms with van der Waals surface area (Å²) in [6, 6.07) is 1.94. The van der Waals surface area contributed by atoms with Crippen LogP contribution in [0.15, 0.2) is 23.0 Å². The molecule has 0 unspecified atom stereocenters. The van der Waals surface area contributed by atoms with Crippen LogP contribution in [0, 0.1) is 16.7 Å². The summed E-state index contributed by atoms with van der Waals surface area (Å²) in [6.45, 7) is 7.03. The van der Waals surface area contributed by atoms with Gasteiger partial charge in [-0.2, -0.15) is 0 Å². The van der Waals surface area contributed by atoms with Gasteiger partial charge in [-0.15, -0.1) is 0 Å². The number of hydrogen-bond acceptors (Lipinski definition) is 2. The highest BCUT2D eigenvalue weighted by atomic mass is 16.3. The number of fused-ring (bicyclic) bond motifs is 1. The van der Waals surface area contributed by atoms with Crippen LogP contribution >= 0.6 is 0 Å². The molecule has 2 nitrogen and oxygen atoms in total. The molecule has 3 atom stereocenters. The van der Waals surface area contributed by atoms with Crippen LogP contribution in [0.5, 0.6) is 0 Å². The molecule has 2 saturated carbocycles. The Labute approximate surface area is 109 Å². The van der Waals surface area contributed by atoms with Crippen LogP contribution in [0.2, 0.25) is 0 Å². The third kappa shape index (κ3) is 1.38. The first-order valence-electron chi connectivity index (χ1n) is 7.15. The van der Waals surface area contributed by atoms with Crippen LogP contribution in [0.3, 0.4) is 0 Å². The van der Waals surface area contributed by atoms with Gasteiger partial charge in [0.15, 0.2) is 0 Å². The minimum Gasteiger partial charge on any atom is -0.472 e. The van der Waals surface area contributed by atoms with Crippen molar-refractivity contribution in [3.05, 3.63) is 24.2 Å². The zero-order chi connectivity index (χ0) is 13.0. The first-order valence-corrected chi connectivity index (χ1v) is 7.15. The zero-order valence-electron chi connectivity index (χ0n) is 11.7. The van der Waals surface area contributed by atoms with E-state index in [-0.39, 0.29) is 5.41 Å². The van der Waals surface area contributed by atoms with Crippen LogP contribution in [-0.2, 0) is 5.60 Å². The van der Waals surface area contributed by atoms with Gasteiger partial charge in [-0.05, 0) is 43.1 Å². The van der Waals surface area contributed by atoms with Gasteiger partial charge in [0.2, 0.25) is 0 Å². The summed E-state index contributed by atoms with van der Waals surface area (Å²) < 4.78 is 5.21. The van der Waals surface area contributed by atoms with E-state index in [0.29, 0.717) is 11.3 Å². The van der Waals surface area contributed by atoms with Gasteiger partial charge >= 0.3 is 0 Å². The van der Waals surface area contributed by atoms with Crippen molar-refractivity contribution < 1.29 is 9.52 Å². The maximum Gasteiger partial charge on any atom is 0.0983 e. The highest BCUT2D eigenvalue weighted by molar-refractivity contribution is 5.25. The molecule has 2 heteroatoms. The molecule has 0 spiro atoms. The third-order valence-corrected chi connectivity index (χ3v) is 5.97. The van der Waals surface area contributed by atoms with Crippen LogP contribution in [0.1, 0.15) is 58.4 Å². The molecule has 2 fully saturated rings. The SMILES string of the molecule is CC1(C)CCC[C@]2(C)[C@H]1CC[C@]2(O)c1ccoc1. The van der Waals surface area contributed by atoms with Gasteiger partial charge in [-0.3, -0.25) is 0 Å². The van der Waals surface area contributed by atoms with E-state index in [1.54, 1.807) is 12.5 Å². The average molecular weight is 248 g/mol. The number of hydrogen-bond donors (Lipinski definition) is 1. The fourth-order valence-corrected chi connectivity index (χ4v) is 4.94. The van der Waals surface area contributed by atoms with Crippen LogP contribution in [0.4, 0.5) is 0 Å². The molecule has 1 aromatic heterocycles. The van der Waals surface area contributed by atoms with Crippen molar-refractivity contribution in [2.45, 2.75) is 58.5 Å². The first-order chi connectivity index (χ1) is 8.40. The van der Waals surface area contributed by atoms with E-state index in [4.69, 9.17) is 4.42 Å². The van der Waals surface area contributed by atoms with E-state index >= 15 is 0 Å². The van der Waals surface area contributed by atoms with Crippen molar-refractivity contribution in [2.75, 3.05) is 0 Å². The molecule has 0 amide bonds. The maximum absolute atomic E-state index is 11.3. The Hall–Kier alpha value is -0.760. The summed E-state index contributed by atoms with van der Waals surface area (Å²) in [5, 5.41) is 11.3.